The van der Waals surface area contributed by atoms with Crippen molar-refractivity contribution in [3.05, 3.63) is 162 Å². The molecule has 0 N–H and O–H groups in total. The van der Waals surface area contributed by atoms with Crippen LogP contribution in [0.5, 0.6) is 0 Å². The van der Waals surface area contributed by atoms with Gasteiger partial charge in [0, 0.05) is 0 Å². The van der Waals surface area contributed by atoms with Gasteiger partial charge in [-0.15, -0.1) is 0 Å². The van der Waals surface area contributed by atoms with Gasteiger partial charge in [0.15, 0.2) is 0 Å². The van der Waals surface area contributed by atoms with Crippen LogP contribution in [0.3, 0.4) is 0 Å². The zero-order valence-corrected chi connectivity index (χ0v) is 36.4. The summed E-state index contributed by atoms with van der Waals surface area (Å²) in [7, 11) is 0. The molecule has 0 aromatic heterocycles. The van der Waals surface area contributed by atoms with Crippen LogP contribution in [0.25, 0.3) is 22.3 Å². The van der Waals surface area contributed by atoms with E-state index in [0.717, 1.165) is 6.42 Å². The Morgan fingerprint density at radius 3 is 1.90 bits per heavy atom. The summed E-state index contributed by atoms with van der Waals surface area (Å²) in [5, 5.41) is 0. The van der Waals surface area contributed by atoms with Crippen molar-refractivity contribution in [1.29, 1.82) is 0 Å². The molecule has 52 heavy (non-hydrogen) atoms. The zero-order valence-electron chi connectivity index (χ0n) is 33.4. The second kappa shape index (κ2) is 12.7. The second-order valence-corrected chi connectivity index (χ2v) is 25.6. The molecule has 4 aliphatic carbocycles. The number of hydrogen-bond acceptors (Lipinski definition) is 0. The maximum atomic E-state index is 2.72. The van der Waals surface area contributed by atoms with Gasteiger partial charge in [0.2, 0.25) is 0 Å². The summed E-state index contributed by atoms with van der Waals surface area (Å²) < 4.78 is 5.21. The van der Waals surface area contributed by atoms with Crippen LogP contribution in [0.2, 0.25) is 0 Å². The van der Waals surface area contributed by atoms with E-state index in [2.05, 4.69) is 172 Å². The first-order valence-electron chi connectivity index (χ1n) is 20.1. The van der Waals surface area contributed by atoms with Crippen molar-refractivity contribution in [2.75, 3.05) is 0 Å². The van der Waals surface area contributed by atoms with Gasteiger partial charge in [-0.1, -0.05) is 0 Å². The van der Waals surface area contributed by atoms with Crippen LogP contribution in [0.15, 0.2) is 117 Å². The van der Waals surface area contributed by atoms with Crippen LogP contribution in [-0.2, 0) is 32.8 Å². The van der Waals surface area contributed by atoms with E-state index in [1.54, 1.807) is 23.6 Å². The third-order valence-electron chi connectivity index (χ3n) is 13.4. The van der Waals surface area contributed by atoms with Crippen LogP contribution < -0.4 is 0 Å². The summed E-state index contributed by atoms with van der Waals surface area (Å²) in [4.78, 5) is 0. The molecule has 0 bridgehead atoms. The van der Waals surface area contributed by atoms with Crippen molar-refractivity contribution >= 4 is 15.3 Å². The fraction of sp³-hybridized carbons (Fsp3) is 0.353. The first-order valence-corrected chi connectivity index (χ1v) is 24.5. The minimum absolute atomic E-state index is 0.0538. The summed E-state index contributed by atoms with van der Waals surface area (Å²) >= 11 is -3.09. The van der Waals surface area contributed by atoms with Gasteiger partial charge in [-0.2, -0.15) is 0 Å². The molecule has 8 rings (SSSR count). The van der Waals surface area contributed by atoms with Gasteiger partial charge in [-0.25, -0.2) is 0 Å². The summed E-state index contributed by atoms with van der Waals surface area (Å²) in [6.45, 7) is 24.3. The first kappa shape index (κ1) is 35.4. The summed E-state index contributed by atoms with van der Waals surface area (Å²) in [6, 6.07) is 33.3. The van der Waals surface area contributed by atoms with Crippen LogP contribution in [0.4, 0.5) is 0 Å². The summed E-state index contributed by atoms with van der Waals surface area (Å²) in [5.74, 6) is 0.510. The first-order chi connectivity index (χ1) is 24.7. The molecular weight excluding hydrogens is 678 g/mol. The van der Waals surface area contributed by atoms with E-state index in [1.807, 2.05) is 0 Å². The number of unbranched alkanes of at least 4 members (excludes halogenated alkanes) is 1. The SMILES string of the molecule is CCCCC1C=C(C(C)(C)C)C=[C]1[Zn]([C]1=C(C)c2cc3c(cc2C1(C)C)Cc1cc2c(cc1-3)C(C)=CC2(C)C)=[C](c1ccccc1)c1ccccc1. The number of benzene rings is 4. The van der Waals surface area contributed by atoms with Crippen molar-refractivity contribution in [3.63, 3.8) is 0 Å². The van der Waals surface area contributed by atoms with Gasteiger partial charge < -0.3 is 0 Å². The Balaban J connectivity index is 1.40. The average molecular weight is 734 g/mol. The third-order valence-corrected chi connectivity index (χ3v) is 24.3. The summed E-state index contributed by atoms with van der Waals surface area (Å²) in [6.07, 6.45) is 12.7. The topological polar surface area (TPSA) is 0 Å². The van der Waals surface area contributed by atoms with Crippen LogP contribution >= 0.6 is 0 Å². The Hall–Kier alpha value is -3.67. The molecule has 1 heteroatoms. The van der Waals surface area contributed by atoms with E-state index in [9.17, 15) is 0 Å². The van der Waals surface area contributed by atoms with Crippen molar-refractivity contribution in [1.82, 2.24) is 0 Å². The molecular formula is C51H56Zn. The Labute approximate surface area is 318 Å². The Kier molecular flexibility index (Phi) is 8.66. The molecule has 4 aromatic rings. The molecule has 0 saturated heterocycles. The molecule has 0 heterocycles. The number of hydrogen-bond donors (Lipinski definition) is 0. The molecule has 0 radical (unpaired) electrons. The molecule has 0 saturated carbocycles. The molecule has 0 fully saturated rings. The van der Waals surface area contributed by atoms with Gasteiger partial charge >= 0.3 is 321 Å². The molecule has 0 spiro atoms. The predicted octanol–water partition coefficient (Wildman–Crippen LogP) is 13.5. The molecule has 1 atom stereocenters. The van der Waals surface area contributed by atoms with E-state index >= 15 is 0 Å². The molecule has 0 amide bonds. The van der Waals surface area contributed by atoms with Crippen molar-refractivity contribution in [2.24, 2.45) is 11.3 Å². The van der Waals surface area contributed by atoms with Crippen molar-refractivity contribution in [2.45, 2.75) is 106 Å². The maximum absolute atomic E-state index is 3.09. The van der Waals surface area contributed by atoms with Crippen LogP contribution in [-0.4, -0.2) is 4.11 Å². The fourth-order valence-electron chi connectivity index (χ4n) is 10.8. The molecule has 0 nitrogen and oxygen atoms in total. The normalized spacial score (nSPS) is 18.9. The molecule has 4 aliphatic rings. The van der Waals surface area contributed by atoms with E-state index in [0.29, 0.717) is 5.92 Å². The Bertz CT molecular complexity index is 2230. The number of allylic oxidation sites excluding steroid dienone is 8. The Morgan fingerprint density at radius 2 is 1.33 bits per heavy atom. The summed E-state index contributed by atoms with van der Waals surface area (Å²) in [5.41, 5.74) is 19.4. The van der Waals surface area contributed by atoms with Gasteiger partial charge in [-0.05, 0) is 0 Å². The number of fused-ring (bicyclic) bond motifs is 5. The number of rotatable bonds is 7. The van der Waals surface area contributed by atoms with Crippen LogP contribution in [0.1, 0.15) is 133 Å². The standard InChI is InChI=1S/C25H25.C13H10.C13H21.Zn/c1-14-12-24(3,4)22-8-16-7-17-9-23-19(15(2)13-25(23,5)6)11-21(17)20(16)10-18(14)22;1-3-7-12(8-4-1)11-13-9-5-2-6-10-13;1-5-6-7-11-8-9-12(10-11)13(2,3)4;/h8-12H,7H2,1-6H3;1-10H;9-11H,5-7H2,1-4H3;. The fourth-order valence-corrected chi connectivity index (χ4v) is 22.4. The van der Waals surface area contributed by atoms with Gasteiger partial charge in [0.1, 0.15) is 0 Å². The molecule has 0 aliphatic heterocycles. The average Bonchev–Trinajstić information content (AvgIpc) is 3.81. The molecule has 4 aromatic carbocycles. The molecule has 1 unspecified atom stereocenters. The van der Waals surface area contributed by atoms with E-state index in [1.165, 1.54) is 80.5 Å². The van der Waals surface area contributed by atoms with Gasteiger partial charge in [0.25, 0.3) is 0 Å². The van der Waals surface area contributed by atoms with E-state index in [-0.39, 0.29) is 16.2 Å². The van der Waals surface area contributed by atoms with Gasteiger partial charge in [-0.3, -0.25) is 0 Å². The Morgan fingerprint density at radius 1 is 0.750 bits per heavy atom. The van der Waals surface area contributed by atoms with E-state index < -0.39 is 15.5 Å². The second-order valence-electron chi connectivity index (χ2n) is 18.6. The monoisotopic (exact) mass is 732 g/mol. The van der Waals surface area contributed by atoms with Crippen molar-refractivity contribution < 1.29 is 15.5 Å². The van der Waals surface area contributed by atoms with E-state index in [4.69, 9.17) is 0 Å². The van der Waals surface area contributed by atoms with Crippen molar-refractivity contribution in [3.8, 4) is 11.1 Å². The van der Waals surface area contributed by atoms with Gasteiger partial charge in [0.05, 0.1) is 0 Å². The minimum atomic E-state index is -3.09. The van der Waals surface area contributed by atoms with Crippen LogP contribution in [0, 0.1) is 11.3 Å². The zero-order chi connectivity index (χ0) is 36.7. The quantitative estimate of drug-likeness (QED) is 0.146. The molecule has 262 valence electrons. The predicted molar refractivity (Wildman–Crippen MR) is 222 cm³/mol. The third kappa shape index (κ3) is 5.69.